The summed E-state index contributed by atoms with van der Waals surface area (Å²) in [5, 5.41) is 2.69. The molecule has 3 amide bonds. The number of carbonyl (C=O) groups excluding carboxylic acids is 4. The fraction of sp³-hybridized carbons (Fsp3) is 0.579. The summed E-state index contributed by atoms with van der Waals surface area (Å²) in [6.07, 6.45) is 0.127. The second-order valence-electron chi connectivity index (χ2n) is 15.2. The minimum Gasteiger partial charge on any atom is -0.468 e. The largest absolute Gasteiger partial charge is 0.468 e. The summed E-state index contributed by atoms with van der Waals surface area (Å²) >= 11 is 0. The Hall–Kier alpha value is -4.07. The molecule has 3 heterocycles. The number of esters is 1. The lowest BCUT2D eigenvalue weighted by atomic mass is 9.83. The molecule has 13 heteroatoms. The Morgan fingerprint density at radius 1 is 1.00 bits per heavy atom. The van der Waals surface area contributed by atoms with Gasteiger partial charge >= 0.3 is 12.1 Å². The van der Waals surface area contributed by atoms with Gasteiger partial charge in [-0.15, -0.1) is 0 Å². The molecule has 2 aromatic carbocycles. The number of piperazine rings is 1. The van der Waals surface area contributed by atoms with Gasteiger partial charge < -0.3 is 29.3 Å². The van der Waals surface area contributed by atoms with Gasteiger partial charge in [0.25, 0.3) is 0 Å². The van der Waals surface area contributed by atoms with Crippen LogP contribution in [0.15, 0.2) is 42.5 Å². The minimum absolute atomic E-state index is 0.0668. The molecule has 2 aromatic rings. The van der Waals surface area contributed by atoms with E-state index in [0.29, 0.717) is 50.5 Å². The van der Waals surface area contributed by atoms with Gasteiger partial charge in [0, 0.05) is 56.5 Å². The Morgan fingerprint density at radius 2 is 1.71 bits per heavy atom. The molecule has 278 valence electrons. The van der Waals surface area contributed by atoms with E-state index in [1.165, 1.54) is 19.2 Å². The molecule has 2 saturated heterocycles. The molecular weight excluding hydrogens is 657 g/mol. The van der Waals surface area contributed by atoms with Gasteiger partial charge in [0.2, 0.25) is 11.8 Å². The SMILES string of the molecule is COC(=O)CNC(=O)C1(C)CN(C(=O)CN2C[C@@H](C)N(C(=O)OC(C)(C)C)C[C@@H]2CN2CCOCC2C)c2cc(Cc3ccc(F)cc3)ccc21. The average Bonchev–Trinajstić information content (AvgIpc) is 3.38. The summed E-state index contributed by atoms with van der Waals surface area (Å²) in [4.78, 5) is 61.3. The van der Waals surface area contributed by atoms with Crippen LogP contribution in [0.4, 0.5) is 14.9 Å². The second kappa shape index (κ2) is 15.7. The van der Waals surface area contributed by atoms with E-state index in [2.05, 4.69) is 22.0 Å². The zero-order chi connectivity index (χ0) is 37.1. The molecule has 1 N–H and O–H groups in total. The Bertz CT molecular complexity index is 1600. The molecule has 2 unspecified atom stereocenters. The second-order valence-corrected chi connectivity index (χ2v) is 15.2. The number of hydrogen-bond donors (Lipinski definition) is 1. The summed E-state index contributed by atoms with van der Waals surface area (Å²) in [7, 11) is 1.26. The molecule has 0 radical (unpaired) electrons. The number of halogens is 1. The number of carbonyl (C=O) groups is 4. The van der Waals surface area contributed by atoms with Gasteiger partial charge in [-0.1, -0.05) is 24.3 Å². The molecular formula is C38H52FN5O7. The summed E-state index contributed by atoms with van der Waals surface area (Å²) in [6.45, 7) is 14.7. The van der Waals surface area contributed by atoms with Crippen LogP contribution in [-0.4, -0.2) is 128 Å². The van der Waals surface area contributed by atoms with Gasteiger partial charge in [-0.3, -0.25) is 24.2 Å². The molecule has 3 aliphatic rings. The monoisotopic (exact) mass is 709 g/mol. The summed E-state index contributed by atoms with van der Waals surface area (Å²) in [5.74, 6) is -1.47. The highest BCUT2D eigenvalue weighted by atomic mass is 19.1. The Morgan fingerprint density at radius 3 is 2.37 bits per heavy atom. The number of nitrogens with zero attached hydrogens (tertiary/aromatic N) is 4. The number of ether oxygens (including phenoxy) is 3. The Labute approximate surface area is 300 Å². The molecule has 0 aromatic heterocycles. The first-order valence-corrected chi connectivity index (χ1v) is 17.7. The lowest BCUT2D eigenvalue weighted by Crippen LogP contribution is -2.64. The van der Waals surface area contributed by atoms with Gasteiger partial charge in [-0.05, 0) is 82.9 Å². The van der Waals surface area contributed by atoms with E-state index in [9.17, 15) is 23.6 Å². The zero-order valence-corrected chi connectivity index (χ0v) is 30.9. The van der Waals surface area contributed by atoms with Gasteiger partial charge in [-0.25, -0.2) is 9.18 Å². The molecule has 5 rings (SSSR count). The van der Waals surface area contributed by atoms with Crippen LogP contribution < -0.4 is 10.2 Å². The maximum absolute atomic E-state index is 14.5. The van der Waals surface area contributed by atoms with Crippen molar-refractivity contribution in [3.63, 3.8) is 0 Å². The first-order valence-electron chi connectivity index (χ1n) is 17.7. The molecule has 0 spiro atoms. The van der Waals surface area contributed by atoms with Crippen molar-refractivity contribution in [2.45, 2.75) is 77.1 Å². The minimum atomic E-state index is -1.14. The van der Waals surface area contributed by atoms with Gasteiger partial charge in [0.1, 0.15) is 18.0 Å². The van der Waals surface area contributed by atoms with Crippen LogP contribution in [-0.2, 0) is 40.4 Å². The number of rotatable bonds is 9. The van der Waals surface area contributed by atoms with Gasteiger partial charge in [0.05, 0.1) is 32.3 Å². The third-order valence-corrected chi connectivity index (χ3v) is 10.0. The zero-order valence-electron chi connectivity index (χ0n) is 30.9. The standard InChI is InChI=1S/C38H52FN5O7/c1-25-19-42(30(20-41-14-15-50-23-26(41)2)21-43(25)36(48)51-37(3,4)5)22-33(45)44-24-38(6,35(47)40-18-34(46)49-7)31-13-10-28(17-32(31)44)16-27-8-11-29(39)12-9-27/h8-13,17,25-26,30H,14-16,18-24H2,1-7H3,(H,40,47)/t25-,26?,30+,38?/m1/s1. The first-order chi connectivity index (χ1) is 24.1. The smallest absolute Gasteiger partial charge is 0.410 e. The lowest BCUT2D eigenvalue weighted by Gasteiger charge is -2.47. The van der Waals surface area contributed by atoms with Crippen molar-refractivity contribution in [3.05, 3.63) is 65.0 Å². The summed E-state index contributed by atoms with van der Waals surface area (Å²) in [6, 6.07) is 11.8. The van der Waals surface area contributed by atoms with E-state index in [0.717, 1.165) is 17.7 Å². The fourth-order valence-corrected chi connectivity index (χ4v) is 7.15. The average molecular weight is 710 g/mol. The van der Waals surface area contributed by atoms with Crippen LogP contribution in [0.25, 0.3) is 0 Å². The molecule has 2 fully saturated rings. The molecule has 0 aliphatic carbocycles. The van der Waals surface area contributed by atoms with Crippen LogP contribution in [0.5, 0.6) is 0 Å². The highest BCUT2D eigenvalue weighted by molar-refractivity contribution is 6.03. The maximum atomic E-state index is 14.5. The van der Waals surface area contributed by atoms with E-state index in [1.807, 2.05) is 45.9 Å². The quantitative estimate of drug-likeness (QED) is 0.391. The first kappa shape index (κ1) is 38.2. The third kappa shape index (κ3) is 9.06. The summed E-state index contributed by atoms with van der Waals surface area (Å²) < 4.78 is 29.8. The molecule has 12 nitrogen and oxygen atoms in total. The van der Waals surface area contributed by atoms with Gasteiger partial charge in [0.15, 0.2) is 0 Å². The number of benzene rings is 2. The van der Waals surface area contributed by atoms with Crippen molar-refractivity contribution in [1.29, 1.82) is 0 Å². The normalized spacial score (nSPS) is 24.2. The number of fused-ring (bicyclic) bond motifs is 1. The predicted molar refractivity (Wildman–Crippen MR) is 190 cm³/mol. The number of anilines is 1. The molecule has 3 aliphatic heterocycles. The van der Waals surface area contributed by atoms with Crippen molar-refractivity contribution in [2.75, 3.05) is 71.0 Å². The summed E-state index contributed by atoms with van der Waals surface area (Å²) in [5.41, 5.74) is 1.31. The number of nitrogens with one attached hydrogen (secondary N) is 1. The van der Waals surface area contributed by atoms with Crippen molar-refractivity contribution in [1.82, 2.24) is 20.0 Å². The van der Waals surface area contributed by atoms with Crippen molar-refractivity contribution < 1.29 is 37.8 Å². The Balaban J connectivity index is 1.43. The van der Waals surface area contributed by atoms with E-state index in [-0.39, 0.29) is 55.6 Å². The Kier molecular flexibility index (Phi) is 11.7. The van der Waals surface area contributed by atoms with E-state index < -0.39 is 22.9 Å². The van der Waals surface area contributed by atoms with Crippen LogP contribution in [0.2, 0.25) is 0 Å². The molecule has 51 heavy (non-hydrogen) atoms. The number of morpholine rings is 1. The molecule has 4 atom stereocenters. The fourth-order valence-electron chi connectivity index (χ4n) is 7.15. The van der Waals surface area contributed by atoms with Crippen LogP contribution in [0, 0.1) is 5.82 Å². The number of methoxy groups -OCH3 is 1. The van der Waals surface area contributed by atoms with Crippen molar-refractivity contribution in [3.8, 4) is 0 Å². The van der Waals surface area contributed by atoms with E-state index in [1.54, 1.807) is 28.9 Å². The van der Waals surface area contributed by atoms with Crippen LogP contribution in [0.3, 0.4) is 0 Å². The predicted octanol–water partition coefficient (Wildman–Crippen LogP) is 3.34. The third-order valence-electron chi connectivity index (χ3n) is 10.0. The van der Waals surface area contributed by atoms with E-state index >= 15 is 0 Å². The van der Waals surface area contributed by atoms with E-state index in [4.69, 9.17) is 14.2 Å². The lowest BCUT2D eigenvalue weighted by molar-refractivity contribution is -0.141. The highest BCUT2D eigenvalue weighted by Gasteiger charge is 2.48. The van der Waals surface area contributed by atoms with Crippen LogP contribution in [0.1, 0.15) is 58.2 Å². The number of amides is 3. The van der Waals surface area contributed by atoms with Crippen molar-refractivity contribution in [2.24, 2.45) is 0 Å². The highest BCUT2D eigenvalue weighted by Crippen LogP contribution is 2.42. The molecule has 0 bridgehead atoms. The van der Waals surface area contributed by atoms with Crippen LogP contribution >= 0.6 is 0 Å². The van der Waals surface area contributed by atoms with Crippen molar-refractivity contribution >= 4 is 29.6 Å². The van der Waals surface area contributed by atoms with Gasteiger partial charge in [-0.2, -0.15) is 0 Å². The maximum Gasteiger partial charge on any atom is 0.410 e. The molecule has 0 saturated carbocycles. The number of hydrogen-bond acceptors (Lipinski definition) is 9. The topological polar surface area (TPSA) is 121 Å².